The zero-order chi connectivity index (χ0) is 28.8. The first-order chi connectivity index (χ1) is 17.8. The molecule has 4 unspecified atom stereocenters. The molecule has 1 aromatic carbocycles. The average Bonchev–Trinajstić information content (AvgIpc) is 2.85. The molecule has 0 aromatic heterocycles. The number of rotatable bonds is 17. The van der Waals surface area contributed by atoms with Crippen molar-refractivity contribution in [3.05, 3.63) is 29.8 Å². The molecule has 3 amide bonds. The number of unbranched alkanes of at least 4 members (excludes halogenated alkanes) is 1. The Morgan fingerprint density at radius 2 is 1.37 bits per heavy atom. The van der Waals surface area contributed by atoms with Gasteiger partial charge in [-0.3, -0.25) is 19.2 Å². The van der Waals surface area contributed by atoms with E-state index < -0.39 is 60.2 Å². The molecule has 0 aliphatic carbocycles. The van der Waals surface area contributed by atoms with Crippen LogP contribution in [0.2, 0.25) is 0 Å². The predicted octanol–water partition coefficient (Wildman–Crippen LogP) is -0.549. The van der Waals surface area contributed by atoms with Crippen molar-refractivity contribution in [1.29, 1.82) is 0 Å². The van der Waals surface area contributed by atoms with Gasteiger partial charge in [0.05, 0.1) is 6.04 Å². The largest absolute Gasteiger partial charge is 0.508 e. The number of nitrogens with one attached hydrogen (secondary N) is 3. The van der Waals surface area contributed by atoms with Crippen LogP contribution in [0.3, 0.4) is 0 Å². The molecule has 0 radical (unpaired) electrons. The first-order valence-electron chi connectivity index (χ1n) is 12.4. The van der Waals surface area contributed by atoms with Crippen molar-refractivity contribution in [2.45, 2.75) is 76.5 Å². The third-order valence-electron chi connectivity index (χ3n) is 5.87. The minimum atomic E-state index is -1.38. The van der Waals surface area contributed by atoms with Gasteiger partial charge in [-0.1, -0.05) is 26.0 Å². The van der Waals surface area contributed by atoms with Crippen molar-refractivity contribution in [2.75, 3.05) is 6.54 Å². The standard InChI is InChI=1S/C25H39N5O8/c1-14(2)21(27)24(36)30-19(13-15-6-8-16(31)9-7-15)23(35)28-17(10-11-20(32)33)22(34)29-18(25(37)38)5-3-4-12-26/h6-9,14,17-19,21,31H,3-5,10-13,26-27H2,1-2H3,(H,28,35)(H,29,34)(H,30,36)(H,32,33)(H,37,38). The summed E-state index contributed by atoms with van der Waals surface area (Å²) in [5.41, 5.74) is 11.9. The molecule has 0 fully saturated rings. The molecule has 0 saturated carbocycles. The van der Waals surface area contributed by atoms with E-state index in [1.54, 1.807) is 26.0 Å². The van der Waals surface area contributed by atoms with E-state index in [0.29, 0.717) is 24.9 Å². The zero-order valence-corrected chi connectivity index (χ0v) is 21.7. The first kappa shape index (κ1) is 32.3. The molecule has 0 saturated heterocycles. The summed E-state index contributed by atoms with van der Waals surface area (Å²) >= 11 is 0. The van der Waals surface area contributed by atoms with E-state index in [9.17, 15) is 34.2 Å². The van der Waals surface area contributed by atoms with Crippen LogP contribution in [0.15, 0.2) is 24.3 Å². The fourth-order valence-corrected chi connectivity index (χ4v) is 3.48. The molecule has 10 N–H and O–H groups in total. The molecular weight excluding hydrogens is 498 g/mol. The Hall–Kier alpha value is -3.71. The van der Waals surface area contributed by atoms with Gasteiger partial charge in [-0.05, 0) is 55.8 Å². The number of aromatic hydroxyl groups is 1. The monoisotopic (exact) mass is 537 g/mol. The van der Waals surface area contributed by atoms with Crippen LogP contribution in [0, 0.1) is 5.92 Å². The smallest absolute Gasteiger partial charge is 0.326 e. The number of amides is 3. The van der Waals surface area contributed by atoms with Crippen LogP contribution >= 0.6 is 0 Å². The molecule has 0 aliphatic rings. The van der Waals surface area contributed by atoms with Crippen molar-refractivity contribution >= 4 is 29.7 Å². The van der Waals surface area contributed by atoms with E-state index in [2.05, 4.69) is 16.0 Å². The number of hydrogen-bond acceptors (Lipinski definition) is 8. The second kappa shape index (κ2) is 16.2. The summed E-state index contributed by atoms with van der Waals surface area (Å²) < 4.78 is 0. The predicted molar refractivity (Wildman–Crippen MR) is 138 cm³/mol. The zero-order valence-electron chi connectivity index (χ0n) is 21.7. The molecule has 1 aromatic rings. The van der Waals surface area contributed by atoms with E-state index >= 15 is 0 Å². The number of carboxylic acid groups (broad SMARTS) is 2. The maximum atomic E-state index is 13.3. The summed E-state index contributed by atoms with van der Waals surface area (Å²) in [6, 6.07) is 1.17. The SMILES string of the molecule is CC(C)C(N)C(=O)NC(Cc1ccc(O)cc1)C(=O)NC(CCC(=O)O)C(=O)NC(CCCCN)C(=O)O. The lowest BCUT2D eigenvalue weighted by molar-refractivity contribution is -0.143. The Kier molecular flexibility index (Phi) is 13.8. The quantitative estimate of drug-likeness (QED) is 0.118. The van der Waals surface area contributed by atoms with E-state index in [1.807, 2.05) is 0 Å². The molecular formula is C25H39N5O8. The number of phenols is 1. The van der Waals surface area contributed by atoms with Gasteiger partial charge in [-0.25, -0.2) is 4.79 Å². The van der Waals surface area contributed by atoms with E-state index in [-0.39, 0.29) is 30.9 Å². The maximum Gasteiger partial charge on any atom is 0.326 e. The van der Waals surface area contributed by atoms with E-state index in [1.165, 1.54) is 12.1 Å². The second-order valence-electron chi connectivity index (χ2n) is 9.38. The number of carboxylic acids is 2. The minimum absolute atomic E-state index is 0.00507. The molecule has 0 bridgehead atoms. The molecule has 4 atom stereocenters. The van der Waals surface area contributed by atoms with Crippen LogP contribution in [0.4, 0.5) is 0 Å². The lowest BCUT2D eigenvalue weighted by Crippen LogP contribution is -2.58. The lowest BCUT2D eigenvalue weighted by atomic mass is 10.0. The molecule has 0 heterocycles. The van der Waals surface area contributed by atoms with Crippen LogP contribution in [-0.4, -0.2) is 75.7 Å². The average molecular weight is 538 g/mol. The van der Waals surface area contributed by atoms with E-state index in [4.69, 9.17) is 16.6 Å². The Morgan fingerprint density at radius 3 is 1.89 bits per heavy atom. The topological polar surface area (TPSA) is 234 Å². The molecule has 212 valence electrons. The minimum Gasteiger partial charge on any atom is -0.508 e. The van der Waals surface area contributed by atoms with Crippen LogP contribution < -0.4 is 27.4 Å². The van der Waals surface area contributed by atoms with Gasteiger partial charge in [0.25, 0.3) is 0 Å². The number of nitrogens with two attached hydrogens (primary N) is 2. The Labute approximate surface area is 221 Å². The van der Waals surface area contributed by atoms with Gasteiger partial charge in [0.1, 0.15) is 23.9 Å². The van der Waals surface area contributed by atoms with Gasteiger partial charge >= 0.3 is 11.9 Å². The molecule has 0 spiro atoms. The Balaban J connectivity index is 3.14. The van der Waals surface area contributed by atoms with Gasteiger partial charge in [-0.15, -0.1) is 0 Å². The Bertz CT molecular complexity index is 954. The van der Waals surface area contributed by atoms with Crippen LogP contribution in [0.5, 0.6) is 5.75 Å². The summed E-state index contributed by atoms with van der Waals surface area (Å²) in [6.45, 7) is 3.82. The lowest BCUT2D eigenvalue weighted by Gasteiger charge is -2.26. The normalized spacial score (nSPS) is 14.1. The van der Waals surface area contributed by atoms with Crippen LogP contribution in [0.25, 0.3) is 0 Å². The highest BCUT2D eigenvalue weighted by molar-refractivity contribution is 5.94. The highest BCUT2D eigenvalue weighted by Crippen LogP contribution is 2.13. The van der Waals surface area contributed by atoms with Crippen molar-refractivity contribution in [1.82, 2.24) is 16.0 Å². The third-order valence-corrected chi connectivity index (χ3v) is 5.87. The molecule has 0 aliphatic heterocycles. The highest BCUT2D eigenvalue weighted by Gasteiger charge is 2.31. The summed E-state index contributed by atoms with van der Waals surface area (Å²) in [5.74, 6) is -4.97. The molecule has 13 nitrogen and oxygen atoms in total. The number of hydrogen-bond donors (Lipinski definition) is 8. The second-order valence-corrected chi connectivity index (χ2v) is 9.38. The van der Waals surface area contributed by atoms with Gasteiger partial charge in [0, 0.05) is 12.8 Å². The van der Waals surface area contributed by atoms with Gasteiger partial charge in [0.15, 0.2) is 0 Å². The van der Waals surface area contributed by atoms with Gasteiger partial charge < -0.3 is 42.7 Å². The fourth-order valence-electron chi connectivity index (χ4n) is 3.48. The third kappa shape index (κ3) is 11.6. The first-order valence-corrected chi connectivity index (χ1v) is 12.4. The van der Waals surface area contributed by atoms with E-state index in [0.717, 1.165) is 0 Å². The highest BCUT2D eigenvalue weighted by atomic mass is 16.4. The van der Waals surface area contributed by atoms with Crippen molar-refractivity contribution in [3.63, 3.8) is 0 Å². The number of carbonyl (C=O) groups excluding carboxylic acids is 3. The van der Waals surface area contributed by atoms with Crippen LogP contribution in [0.1, 0.15) is 51.5 Å². The molecule has 38 heavy (non-hydrogen) atoms. The van der Waals surface area contributed by atoms with Crippen LogP contribution in [-0.2, 0) is 30.4 Å². The van der Waals surface area contributed by atoms with Gasteiger partial charge in [0.2, 0.25) is 17.7 Å². The summed E-state index contributed by atoms with van der Waals surface area (Å²) in [5, 5.41) is 35.5. The van der Waals surface area contributed by atoms with Crippen molar-refractivity contribution < 1.29 is 39.3 Å². The molecule has 1 rings (SSSR count). The maximum absolute atomic E-state index is 13.3. The number of phenolic OH excluding ortho intramolecular Hbond substituents is 1. The summed E-state index contributed by atoms with van der Waals surface area (Å²) in [6.07, 6.45) is 0.286. The Morgan fingerprint density at radius 1 is 0.816 bits per heavy atom. The van der Waals surface area contributed by atoms with Crippen molar-refractivity contribution in [2.24, 2.45) is 17.4 Å². The summed E-state index contributed by atoms with van der Waals surface area (Å²) in [4.78, 5) is 61.6. The van der Waals surface area contributed by atoms with Gasteiger partial charge in [-0.2, -0.15) is 0 Å². The number of aliphatic carboxylic acids is 2. The van der Waals surface area contributed by atoms with Crippen molar-refractivity contribution in [3.8, 4) is 5.75 Å². The number of carbonyl (C=O) groups is 5. The fraction of sp³-hybridized carbons (Fsp3) is 0.560. The molecule has 13 heteroatoms. The number of benzene rings is 1. The summed E-state index contributed by atoms with van der Waals surface area (Å²) in [7, 11) is 0.